The lowest BCUT2D eigenvalue weighted by Gasteiger charge is -2.12. The van der Waals surface area contributed by atoms with Crippen molar-refractivity contribution in [1.29, 1.82) is 0 Å². The lowest BCUT2D eigenvalue weighted by Crippen LogP contribution is -2.40. The monoisotopic (exact) mass is 307 g/mol. The molecular weight excluding hydrogens is 294 g/mol. The van der Waals surface area contributed by atoms with Gasteiger partial charge in [0.25, 0.3) is 5.56 Å². The van der Waals surface area contributed by atoms with E-state index in [1.165, 1.54) is 10.8 Å². The van der Waals surface area contributed by atoms with Crippen LogP contribution in [0.3, 0.4) is 0 Å². The number of aryl methyl sites for hydroxylation is 1. The molecule has 0 spiro atoms. The van der Waals surface area contributed by atoms with Gasteiger partial charge in [-0.25, -0.2) is 4.79 Å². The van der Waals surface area contributed by atoms with Gasteiger partial charge in [0.05, 0.1) is 13.2 Å². The second-order valence-corrected chi connectivity index (χ2v) is 5.46. The number of nitrogen functional groups attached to an aromatic ring is 1. The van der Waals surface area contributed by atoms with E-state index in [1.54, 1.807) is 13.1 Å². The molecule has 2 N–H and O–H groups in total. The Morgan fingerprint density at radius 2 is 2.14 bits per heavy atom. The Balaban J connectivity index is 2.15. The lowest BCUT2D eigenvalue weighted by molar-refractivity contribution is 0.352. The minimum Gasteiger partial charge on any atom is -0.493 e. The molecule has 0 saturated carbocycles. The minimum atomic E-state index is -0.509. The number of halogens is 1. The average molecular weight is 308 g/mol. The van der Waals surface area contributed by atoms with Crippen LogP contribution in [0.5, 0.6) is 5.75 Å². The van der Waals surface area contributed by atoms with Crippen LogP contribution in [0, 0.1) is 0 Å². The fourth-order valence-corrected chi connectivity index (χ4v) is 2.79. The molecule has 0 fully saturated rings. The van der Waals surface area contributed by atoms with Crippen molar-refractivity contribution in [2.75, 3.05) is 12.3 Å². The number of rotatable bonds is 2. The molecule has 1 aliphatic rings. The number of benzene rings is 1. The van der Waals surface area contributed by atoms with E-state index < -0.39 is 11.2 Å². The topological polar surface area (TPSA) is 79.2 Å². The van der Waals surface area contributed by atoms with Crippen LogP contribution in [0.15, 0.2) is 27.9 Å². The number of nitrogens with two attached hydrogens (primary N) is 1. The van der Waals surface area contributed by atoms with Crippen LogP contribution in [0.2, 0.25) is 5.02 Å². The summed E-state index contributed by atoms with van der Waals surface area (Å²) in [5, 5.41) is 0.558. The van der Waals surface area contributed by atoms with E-state index >= 15 is 0 Å². The highest BCUT2D eigenvalue weighted by Crippen LogP contribution is 2.32. The molecule has 7 heteroatoms. The van der Waals surface area contributed by atoms with E-state index in [9.17, 15) is 9.59 Å². The highest BCUT2D eigenvalue weighted by molar-refractivity contribution is 6.30. The third-order valence-corrected chi connectivity index (χ3v) is 3.73. The predicted molar refractivity (Wildman–Crippen MR) is 80.1 cm³/mol. The van der Waals surface area contributed by atoms with E-state index in [-0.39, 0.29) is 12.2 Å². The molecule has 0 radical (unpaired) electrons. The second kappa shape index (κ2) is 4.96. The molecule has 0 atom stereocenters. The molecule has 1 aromatic carbocycles. The van der Waals surface area contributed by atoms with Crippen LogP contribution in [0.1, 0.15) is 11.1 Å². The molecule has 21 heavy (non-hydrogen) atoms. The Bertz CT molecular complexity index is 804. The zero-order valence-electron chi connectivity index (χ0n) is 11.4. The van der Waals surface area contributed by atoms with Gasteiger partial charge < -0.3 is 15.0 Å². The molecule has 0 saturated heterocycles. The van der Waals surface area contributed by atoms with E-state index in [1.807, 2.05) is 6.07 Å². The Morgan fingerprint density at radius 3 is 2.90 bits per heavy atom. The quantitative estimate of drug-likeness (QED) is 0.888. The van der Waals surface area contributed by atoms with Crippen molar-refractivity contribution < 1.29 is 4.74 Å². The van der Waals surface area contributed by atoms with Crippen LogP contribution >= 0.6 is 11.6 Å². The molecule has 110 valence electrons. The van der Waals surface area contributed by atoms with Gasteiger partial charge in [0.1, 0.15) is 11.4 Å². The van der Waals surface area contributed by atoms with Crippen LogP contribution < -0.4 is 21.7 Å². The van der Waals surface area contributed by atoms with Crippen molar-refractivity contribution in [3.8, 4) is 5.75 Å². The maximum absolute atomic E-state index is 12.1. The number of hydrogen-bond acceptors (Lipinski definition) is 4. The second-order valence-electron chi connectivity index (χ2n) is 5.02. The van der Waals surface area contributed by atoms with Crippen molar-refractivity contribution in [3.63, 3.8) is 0 Å². The summed E-state index contributed by atoms with van der Waals surface area (Å²) in [6, 6.07) is 3.55. The highest BCUT2D eigenvalue weighted by atomic mass is 35.5. The normalized spacial score (nSPS) is 13.0. The molecule has 6 nitrogen and oxygen atoms in total. The Kier molecular flexibility index (Phi) is 3.25. The molecule has 0 amide bonds. The van der Waals surface area contributed by atoms with Crippen molar-refractivity contribution in [1.82, 2.24) is 9.13 Å². The van der Waals surface area contributed by atoms with Gasteiger partial charge in [0.2, 0.25) is 0 Å². The third-order valence-electron chi connectivity index (χ3n) is 3.51. The number of nitrogens with zero attached hydrogens (tertiary/aromatic N) is 2. The first-order valence-corrected chi connectivity index (χ1v) is 6.85. The van der Waals surface area contributed by atoms with E-state index in [2.05, 4.69) is 0 Å². The summed E-state index contributed by atoms with van der Waals surface area (Å²) in [7, 11) is 1.55. The molecule has 0 aliphatic carbocycles. The van der Waals surface area contributed by atoms with Gasteiger partial charge in [-0.3, -0.25) is 9.36 Å². The molecule has 1 aromatic heterocycles. The number of aromatic nitrogens is 2. The zero-order valence-corrected chi connectivity index (χ0v) is 12.2. The zero-order chi connectivity index (χ0) is 15.1. The van der Waals surface area contributed by atoms with Crippen molar-refractivity contribution in [2.24, 2.45) is 7.05 Å². The van der Waals surface area contributed by atoms with Gasteiger partial charge in [-0.15, -0.1) is 0 Å². The standard InChI is InChI=1S/C14H14ClN3O3/c1-17-7-11(16)13(19)18(14(17)20)6-9-5-10(15)4-8-2-3-21-12(8)9/h4-5,7H,2-3,6,16H2,1H3. The minimum absolute atomic E-state index is 0.0247. The summed E-state index contributed by atoms with van der Waals surface area (Å²) >= 11 is 6.09. The van der Waals surface area contributed by atoms with Crippen LogP contribution in [0.4, 0.5) is 5.69 Å². The van der Waals surface area contributed by atoms with Crippen LogP contribution in [-0.4, -0.2) is 15.7 Å². The number of ether oxygens (including phenoxy) is 1. The lowest BCUT2D eigenvalue weighted by atomic mass is 10.1. The van der Waals surface area contributed by atoms with E-state index in [4.69, 9.17) is 22.1 Å². The third kappa shape index (κ3) is 2.31. The Hall–Kier alpha value is -2.21. The Labute approximate surface area is 125 Å². The molecule has 2 heterocycles. The SMILES string of the molecule is Cn1cc(N)c(=O)n(Cc2cc(Cl)cc3c2OCC3)c1=O. The molecule has 0 unspecified atom stereocenters. The average Bonchev–Trinajstić information content (AvgIpc) is 2.89. The fourth-order valence-electron chi connectivity index (χ4n) is 2.53. The van der Waals surface area contributed by atoms with Gasteiger partial charge in [-0.05, 0) is 17.7 Å². The summed E-state index contributed by atoms with van der Waals surface area (Å²) in [6.07, 6.45) is 2.09. The Morgan fingerprint density at radius 1 is 1.38 bits per heavy atom. The molecule has 0 bridgehead atoms. The summed E-state index contributed by atoms with van der Waals surface area (Å²) < 4.78 is 7.95. The van der Waals surface area contributed by atoms with Gasteiger partial charge in [0, 0.05) is 30.3 Å². The first-order chi connectivity index (χ1) is 9.97. The first-order valence-electron chi connectivity index (χ1n) is 6.47. The molecule has 1 aliphatic heterocycles. The van der Waals surface area contributed by atoms with Gasteiger partial charge >= 0.3 is 5.69 Å². The first kappa shape index (κ1) is 13.8. The predicted octanol–water partition coefficient (Wildman–Crippen LogP) is 0.766. The van der Waals surface area contributed by atoms with Crippen molar-refractivity contribution >= 4 is 17.3 Å². The van der Waals surface area contributed by atoms with Gasteiger partial charge in [0.15, 0.2) is 0 Å². The fraction of sp³-hybridized carbons (Fsp3) is 0.286. The maximum atomic E-state index is 12.1. The molecular formula is C14H14ClN3O3. The molecule has 2 aromatic rings. The number of hydrogen-bond donors (Lipinski definition) is 1. The van der Waals surface area contributed by atoms with Crippen molar-refractivity contribution in [3.05, 3.63) is 55.3 Å². The summed E-state index contributed by atoms with van der Waals surface area (Å²) in [5.41, 5.74) is 6.42. The smallest absolute Gasteiger partial charge is 0.331 e. The van der Waals surface area contributed by atoms with E-state index in [0.717, 1.165) is 16.6 Å². The molecule has 3 rings (SSSR count). The summed E-state index contributed by atoms with van der Waals surface area (Å²) in [5.74, 6) is 0.704. The highest BCUT2D eigenvalue weighted by Gasteiger charge is 2.19. The van der Waals surface area contributed by atoms with Gasteiger partial charge in [-0.1, -0.05) is 11.6 Å². The van der Waals surface area contributed by atoms with Crippen LogP contribution in [-0.2, 0) is 20.0 Å². The van der Waals surface area contributed by atoms with Crippen LogP contribution in [0.25, 0.3) is 0 Å². The van der Waals surface area contributed by atoms with Gasteiger partial charge in [-0.2, -0.15) is 0 Å². The van der Waals surface area contributed by atoms with Crippen molar-refractivity contribution in [2.45, 2.75) is 13.0 Å². The number of fused-ring (bicyclic) bond motifs is 1. The number of anilines is 1. The van der Waals surface area contributed by atoms with E-state index in [0.29, 0.717) is 22.9 Å². The summed E-state index contributed by atoms with van der Waals surface area (Å²) in [6.45, 7) is 0.659. The maximum Gasteiger partial charge on any atom is 0.331 e. The largest absolute Gasteiger partial charge is 0.493 e. The summed E-state index contributed by atoms with van der Waals surface area (Å²) in [4.78, 5) is 24.2.